The molecule has 4 rings (SSSR count). The molecule has 0 bridgehead atoms. The van der Waals surface area contributed by atoms with E-state index in [1.807, 2.05) is 12.1 Å². The fourth-order valence-electron chi connectivity index (χ4n) is 3.91. The SMILES string of the molecule is CC1CCC(COc2nc(Nc3ccc(N4CCOCC4)cc3)ncc2Cl)CC1. The highest BCUT2D eigenvalue weighted by Gasteiger charge is 2.19. The third kappa shape index (κ3) is 5.52. The van der Waals surface area contributed by atoms with Crippen LogP contribution in [0.5, 0.6) is 5.88 Å². The largest absolute Gasteiger partial charge is 0.476 e. The highest BCUT2D eigenvalue weighted by molar-refractivity contribution is 6.31. The van der Waals surface area contributed by atoms with Crippen LogP contribution in [0, 0.1) is 11.8 Å². The number of ether oxygens (including phenoxy) is 2. The first-order valence-electron chi connectivity index (χ1n) is 10.5. The summed E-state index contributed by atoms with van der Waals surface area (Å²) >= 11 is 6.25. The molecule has 0 radical (unpaired) electrons. The van der Waals surface area contributed by atoms with Gasteiger partial charge in [0.05, 0.1) is 26.0 Å². The standard InChI is InChI=1S/C22H29ClN4O2/c1-16-2-4-17(5-3-16)15-29-21-20(23)14-24-22(26-21)25-18-6-8-19(9-7-18)27-10-12-28-13-11-27/h6-9,14,16-17H,2-5,10-13,15H2,1H3,(H,24,25,26). The van der Waals surface area contributed by atoms with E-state index in [0.29, 0.717) is 29.4 Å². The van der Waals surface area contributed by atoms with Gasteiger partial charge in [-0.25, -0.2) is 4.98 Å². The van der Waals surface area contributed by atoms with Crippen molar-refractivity contribution in [3.8, 4) is 5.88 Å². The van der Waals surface area contributed by atoms with Crippen molar-refractivity contribution in [2.24, 2.45) is 11.8 Å². The molecule has 0 amide bonds. The van der Waals surface area contributed by atoms with Crippen molar-refractivity contribution in [3.63, 3.8) is 0 Å². The molecule has 1 aliphatic heterocycles. The van der Waals surface area contributed by atoms with Crippen molar-refractivity contribution in [2.75, 3.05) is 43.1 Å². The number of hydrogen-bond acceptors (Lipinski definition) is 6. The number of hydrogen-bond donors (Lipinski definition) is 1. The van der Waals surface area contributed by atoms with Crippen LogP contribution in [-0.2, 0) is 4.74 Å². The number of aromatic nitrogens is 2. The molecule has 1 saturated heterocycles. The van der Waals surface area contributed by atoms with Crippen molar-refractivity contribution in [1.82, 2.24) is 9.97 Å². The number of anilines is 3. The van der Waals surface area contributed by atoms with Gasteiger partial charge in [0.25, 0.3) is 0 Å². The molecule has 2 aromatic rings. The molecule has 0 spiro atoms. The molecule has 1 saturated carbocycles. The zero-order valence-corrected chi connectivity index (χ0v) is 17.7. The van der Waals surface area contributed by atoms with Crippen molar-refractivity contribution in [2.45, 2.75) is 32.6 Å². The van der Waals surface area contributed by atoms with Crippen LogP contribution in [-0.4, -0.2) is 42.9 Å². The lowest BCUT2D eigenvalue weighted by molar-refractivity contribution is 0.122. The third-order valence-corrected chi connectivity index (χ3v) is 6.06. The molecular weight excluding hydrogens is 388 g/mol. The van der Waals surface area contributed by atoms with Gasteiger partial charge in [0, 0.05) is 24.5 Å². The molecule has 1 aromatic heterocycles. The smallest absolute Gasteiger partial charge is 0.237 e. The molecule has 7 heteroatoms. The summed E-state index contributed by atoms with van der Waals surface area (Å²) in [6.07, 6.45) is 6.57. The summed E-state index contributed by atoms with van der Waals surface area (Å²) in [6.45, 7) is 6.39. The van der Waals surface area contributed by atoms with Crippen molar-refractivity contribution >= 4 is 28.9 Å². The molecule has 6 nitrogen and oxygen atoms in total. The maximum absolute atomic E-state index is 6.25. The van der Waals surface area contributed by atoms with E-state index >= 15 is 0 Å². The van der Waals surface area contributed by atoms with E-state index < -0.39 is 0 Å². The fraction of sp³-hybridized carbons (Fsp3) is 0.545. The molecule has 0 unspecified atom stereocenters. The Morgan fingerprint density at radius 1 is 1.14 bits per heavy atom. The van der Waals surface area contributed by atoms with Crippen LogP contribution < -0.4 is 15.0 Å². The van der Waals surface area contributed by atoms with Gasteiger partial charge in [-0.15, -0.1) is 0 Å². The molecule has 29 heavy (non-hydrogen) atoms. The van der Waals surface area contributed by atoms with Crippen LogP contribution in [0.2, 0.25) is 5.02 Å². The number of morpholine rings is 1. The van der Waals surface area contributed by atoms with Gasteiger partial charge < -0.3 is 19.7 Å². The van der Waals surface area contributed by atoms with E-state index in [2.05, 4.69) is 39.2 Å². The molecule has 2 heterocycles. The fourth-order valence-corrected chi connectivity index (χ4v) is 4.06. The Hall–Kier alpha value is -2.05. The van der Waals surface area contributed by atoms with Crippen molar-refractivity contribution < 1.29 is 9.47 Å². The summed E-state index contributed by atoms with van der Waals surface area (Å²) in [7, 11) is 0. The molecule has 0 atom stereocenters. The Balaban J connectivity index is 1.35. The average molecular weight is 417 g/mol. The number of rotatable bonds is 6. The summed E-state index contributed by atoms with van der Waals surface area (Å²) in [6, 6.07) is 8.27. The van der Waals surface area contributed by atoms with Gasteiger partial charge in [-0.05, 0) is 48.9 Å². The minimum atomic E-state index is 0.447. The van der Waals surface area contributed by atoms with Gasteiger partial charge in [0.2, 0.25) is 11.8 Å². The minimum Gasteiger partial charge on any atom is -0.476 e. The topological polar surface area (TPSA) is 59.5 Å². The van der Waals surface area contributed by atoms with Crippen LogP contribution in [0.1, 0.15) is 32.6 Å². The van der Waals surface area contributed by atoms with Crippen LogP contribution in [0.25, 0.3) is 0 Å². The number of benzene rings is 1. The van der Waals surface area contributed by atoms with E-state index in [9.17, 15) is 0 Å². The number of halogens is 1. The van der Waals surface area contributed by atoms with Gasteiger partial charge in [0.1, 0.15) is 5.02 Å². The predicted molar refractivity (Wildman–Crippen MR) is 116 cm³/mol. The van der Waals surface area contributed by atoms with Gasteiger partial charge in [-0.3, -0.25) is 0 Å². The molecule has 1 aliphatic carbocycles. The first-order valence-corrected chi connectivity index (χ1v) is 10.9. The Morgan fingerprint density at radius 3 is 2.59 bits per heavy atom. The quantitative estimate of drug-likeness (QED) is 0.721. The number of nitrogens with one attached hydrogen (secondary N) is 1. The van der Waals surface area contributed by atoms with Gasteiger partial charge in [-0.2, -0.15) is 4.98 Å². The molecule has 2 fully saturated rings. The van der Waals surface area contributed by atoms with Gasteiger partial charge in [-0.1, -0.05) is 31.4 Å². The van der Waals surface area contributed by atoms with E-state index in [-0.39, 0.29) is 0 Å². The number of nitrogens with zero attached hydrogens (tertiary/aromatic N) is 3. The van der Waals surface area contributed by atoms with Crippen LogP contribution in [0.3, 0.4) is 0 Å². The van der Waals surface area contributed by atoms with Crippen LogP contribution in [0.4, 0.5) is 17.3 Å². The van der Waals surface area contributed by atoms with Gasteiger partial charge >= 0.3 is 0 Å². The summed E-state index contributed by atoms with van der Waals surface area (Å²) < 4.78 is 11.4. The van der Waals surface area contributed by atoms with Crippen LogP contribution >= 0.6 is 11.6 Å². The highest BCUT2D eigenvalue weighted by Crippen LogP contribution is 2.30. The van der Waals surface area contributed by atoms with E-state index in [0.717, 1.165) is 37.9 Å². The van der Waals surface area contributed by atoms with Crippen molar-refractivity contribution in [3.05, 3.63) is 35.5 Å². The molecule has 156 valence electrons. The Kier molecular flexibility index (Phi) is 6.72. The second kappa shape index (κ2) is 9.63. The van der Waals surface area contributed by atoms with Crippen LogP contribution in [0.15, 0.2) is 30.5 Å². The van der Waals surface area contributed by atoms with E-state index in [1.165, 1.54) is 31.4 Å². The first-order chi connectivity index (χ1) is 14.2. The zero-order chi connectivity index (χ0) is 20.1. The Labute approximate surface area is 177 Å². The molecule has 2 aliphatic rings. The third-order valence-electron chi connectivity index (χ3n) is 5.80. The normalized spacial score (nSPS) is 22.3. The lowest BCUT2D eigenvalue weighted by Crippen LogP contribution is -2.36. The summed E-state index contributed by atoms with van der Waals surface area (Å²) in [4.78, 5) is 11.1. The maximum Gasteiger partial charge on any atom is 0.237 e. The summed E-state index contributed by atoms with van der Waals surface area (Å²) in [5, 5.41) is 3.69. The molecule has 1 aromatic carbocycles. The maximum atomic E-state index is 6.25. The summed E-state index contributed by atoms with van der Waals surface area (Å²) in [5.74, 6) is 2.36. The first kappa shape index (κ1) is 20.2. The lowest BCUT2D eigenvalue weighted by Gasteiger charge is -2.28. The average Bonchev–Trinajstić information content (AvgIpc) is 2.76. The second-order valence-corrected chi connectivity index (χ2v) is 8.46. The lowest BCUT2D eigenvalue weighted by atomic mass is 9.83. The van der Waals surface area contributed by atoms with E-state index in [1.54, 1.807) is 6.20 Å². The summed E-state index contributed by atoms with van der Waals surface area (Å²) in [5.41, 5.74) is 2.12. The molecule has 1 N–H and O–H groups in total. The van der Waals surface area contributed by atoms with E-state index in [4.69, 9.17) is 21.1 Å². The molecular formula is C22H29ClN4O2. The minimum absolute atomic E-state index is 0.447. The Morgan fingerprint density at radius 2 is 1.86 bits per heavy atom. The Bertz CT molecular complexity index is 788. The monoisotopic (exact) mass is 416 g/mol. The second-order valence-electron chi connectivity index (χ2n) is 8.05. The highest BCUT2D eigenvalue weighted by atomic mass is 35.5. The van der Waals surface area contributed by atoms with Crippen molar-refractivity contribution in [1.29, 1.82) is 0 Å². The zero-order valence-electron chi connectivity index (χ0n) is 16.9. The van der Waals surface area contributed by atoms with Gasteiger partial charge in [0.15, 0.2) is 0 Å². The predicted octanol–water partition coefficient (Wildman–Crippen LogP) is 4.92.